The summed E-state index contributed by atoms with van der Waals surface area (Å²) in [6.45, 7) is 1.98. The summed E-state index contributed by atoms with van der Waals surface area (Å²) in [5.41, 5.74) is 0. The highest BCUT2D eigenvalue weighted by Gasteiger charge is 2.23. The van der Waals surface area contributed by atoms with Gasteiger partial charge in [-0.25, -0.2) is 4.79 Å². The molecule has 1 saturated heterocycles. The van der Waals surface area contributed by atoms with Crippen LogP contribution in [0.2, 0.25) is 0 Å². The van der Waals surface area contributed by atoms with Crippen LogP contribution in [0.3, 0.4) is 0 Å². The van der Waals surface area contributed by atoms with Crippen molar-refractivity contribution >= 4 is 23.5 Å². The first-order valence-corrected chi connectivity index (χ1v) is 5.60. The Bertz CT molecular complexity index is 197. The van der Waals surface area contributed by atoms with Crippen molar-refractivity contribution in [1.82, 2.24) is 0 Å². The highest BCUT2D eigenvalue weighted by atomic mass is 32.2. The fourth-order valence-electron chi connectivity index (χ4n) is 1.31. The van der Waals surface area contributed by atoms with Crippen LogP contribution in [0.25, 0.3) is 0 Å². The molecular formula is C9H14O3S. The van der Waals surface area contributed by atoms with E-state index in [4.69, 9.17) is 0 Å². The lowest BCUT2D eigenvalue weighted by molar-refractivity contribution is -0.153. The average Bonchev–Trinajstić information content (AvgIpc) is 2.57. The molecular weight excluding hydrogens is 188 g/mol. The molecule has 1 atom stereocenters. The monoisotopic (exact) mass is 202 g/mol. The Morgan fingerprint density at radius 2 is 2.31 bits per heavy atom. The third-order valence-electron chi connectivity index (χ3n) is 1.94. The van der Waals surface area contributed by atoms with Gasteiger partial charge in [-0.1, -0.05) is 0 Å². The van der Waals surface area contributed by atoms with Crippen molar-refractivity contribution in [3.05, 3.63) is 0 Å². The first-order valence-electron chi connectivity index (χ1n) is 4.55. The number of rotatable bonds is 4. The van der Waals surface area contributed by atoms with E-state index in [9.17, 15) is 9.59 Å². The Balaban J connectivity index is 2.27. The van der Waals surface area contributed by atoms with E-state index in [1.54, 1.807) is 18.7 Å². The first-order chi connectivity index (χ1) is 6.24. The van der Waals surface area contributed by atoms with Crippen LogP contribution in [-0.2, 0) is 14.3 Å². The molecule has 1 fully saturated rings. The lowest BCUT2D eigenvalue weighted by Gasteiger charge is -2.05. The largest absolute Gasteiger partial charge is 0.460 e. The van der Waals surface area contributed by atoms with Crippen molar-refractivity contribution in [2.45, 2.75) is 31.4 Å². The van der Waals surface area contributed by atoms with Crippen LogP contribution in [0, 0.1) is 0 Å². The van der Waals surface area contributed by atoms with Gasteiger partial charge in [-0.15, -0.1) is 0 Å². The standard InChI is InChI=1S/C9H14O3S/c1-2-12-9(11)8(10)6-7-4-3-5-13-7/h7H,2-6H2,1H3. The highest BCUT2D eigenvalue weighted by Crippen LogP contribution is 2.28. The summed E-state index contributed by atoms with van der Waals surface area (Å²) >= 11 is 1.78. The lowest BCUT2D eigenvalue weighted by atomic mass is 10.1. The van der Waals surface area contributed by atoms with Gasteiger partial charge in [0.15, 0.2) is 0 Å². The van der Waals surface area contributed by atoms with Crippen molar-refractivity contribution in [2.75, 3.05) is 12.4 Å². The number of hydrogen-bond donors (Lipinski definition) is 0. The predicted octanol–water partition coefficient (Wildman–Crippen LogP) is 1.40. The second-order valence-electron chi connectivity index (χ2n) is 2.98. The number of hydrogen-bond acceptors (Lipinski definition) is 4. The molecule has 1 aliphatic heterocycles. The van der Waals surface area contributed by atoms with E-state index in [0.29, 0.717) is 11.7 Å². The highest BCUT2D eigenvalue weighted by molar-refractivity contribution is 8.00. The number of ketones is 1. The normalized spacial score (nSPS) is 21.5. The average molecular weight is 202 g/mol. The van der Waals surface area contributed by atoms with Crippen LogP contribution in [0.5, 0.6) is 0 Å². The van der Waals surface area contributed by atoms with Gasteiger partial charge in [-0.2, -0.15) is 11.8 Å². The second-order valence-corrected chi connectivity index (χ2v) is 4.39. The molecule has 0 N–H and O–H groups in total. The number of carbonyl (C=O) groups is 2. The molecule has 4 heteroatoms. The third kappa shape index (κ3) is 3.38. The van der Waals surface area contributed by atoms with E-state index in [2.05, 4.69) is 4.74 Å². The number of ether oxygens (including phenoxy) is 1. The van der Waals surface area contributed by atoms with E-state index in [0.717, 1.165) is 18.6 Å². The maximum atomic E-state index is 11.2. The molecule has 0 radical (unpaired) electrons. The predicted molar refractivity (Wildman–Crippen MR) is 51.7 cm³/mol. The van der Waals surface area contributed by atoms with Crippen molar-refractivity contribution in [3.8, 4) is 0 Å². The quantitative estimate of drug-likeness (QED) is 0.510. The molecule has 3 nitrogen and oxygen atoms in total. The van der Waals surface area contributed by atoms with E-state index in [-0.39, 0.29) is 12.4 Å². The van der Waals surface area contributed by atoms with Crippen molar-refractivity contribution < 1.29 is 14.3 Å². The molecule has 0 aliphatic carbocycles. The smallest absolute Gasteiger partial charge is 0.374 e. The van der Waals surface area contributed by atoms with Crippen LogP contribution < -0.4 is 0 Å². The van der Waals surface area contributed by atoms with Gasteiger partial charge in [0.25, 0.3) is 0 Å². The minimum Gasteiger partial charge on any atom is -0.460 e. The van der Waals surface area contributed by atoms with Crippen LogP contribution in [0.4, 0.5) is 0 Å². The van der Waals surface area contributed by atoms with Gasteiger partial charge in [0.1, 0.15) is 0 Å². The molecule has 1 rings (SSSR count). The summed E-state index contributed by atoms with van der Waals surface area (Å²) in [6, 6.07) is 0. The maximum Gasteiger partial charge on any atom is 0.374 e. The van der Waals surface area contributed by atoms with Gasteiger partial charge in [-0.3, -0.25) is 4.79 Å². The van der Waals surface area contributed by atoms with E-state index < -0.39 is 5.97 Å². The van der Waals surface area contributed by atoms with Gasteiger partial charge in [0, 0.05) is 11.7 Å². The number of Topliss-reactive ketones (excluding diaryl/α,β-unsaturated/α-hetero) is 1. The maximum absolute atomic E-state index is 11.2. The Hall–Kier alpha value is -0.510. The van der Waals surface area contributed by atoms with Gasteiger partial charge in [0.05, 0.1) is 6.61 Å². The summed E-state index contributed by atoms with van der Waals surface area (Å²) < 4.78 is 4.62. The number of esters is 1. The van der Waals surface area contributed by atoms with Gasteiger partial charge >= 0.3 is 5.97 Å². The summed E-state index contributed by atoms with van der Waals surface area (Å²) in [5.74, 6) is 0.0667. The van der Waals surface area contributed by atoms with E-state index in [1.165, 1.54) is 0 Å². The molecule has 0 bridgehead atoms. The Morgan fingerprint density at radius 3 is 2.85 bits per heavy atom. The zero-order chi connectivity index (χ0) is 9.68. The molecule has 1 heterocycles. The Labute approximate surface area is 82.2 Å². The molecule has 0 spiro atoms. The fraction of sp³-hybridized carbons (Fsp3) is 0.778. The van der Waals surface area contributed by atoms with Crippen molar-refractivity contribution in [2.24, 2.45) is 0 Å². The molecule has 13 heavy (non-hydrogen) atoms. The molecule has 1 aliphatic rings. The van der Waals surface area contributed by atoms with Gasteiger partial charge in [-0.05, 0) is 25.5 Å². The topological polar surface area (TPSA) is 43.4 Å². The van der Waals surface area contributed by atoms with Crippen LogP contribution in [0.15, 0.2) is 0 Å². The molecule has 0 aromatic rings. The van der Waals surface area contributed by atoms with Crippen molar-refractivity contribution in [1.29, 1.82) is 0 Å². The molecule has 0 aromatic heterocycles. The number of carbonyl (C=O) groups excluding carboxylic acids is 2. The van der Waals surface area contributed by atoms with Crippen LogP contribution in [0.1, 0.15) is 26.2 Å². The summed E-state index contributed by atoms with van der Waals surface area (Å²) in [4.78, 5) is 22.2. The summed E-state index contributed by atoms with van der Waals surface area (Å²) in [7, 11) is 0. The molecule has 74 valence electrons. The summed E-state index contributed by atoms with van der Waals surface area (Å²) in [6.07, 6.45) is 2.56. The second kappa shape index (κ2) is 5.27. The van der Waals surface area contributed by atoms with E-state index in [1.807, 2.05) is 0 Å². The van der Waals surface area contributed by atoms with Crippen LogP contribution in [-0.4, -0.2) is 29.4 Å². The van der Waals surface area contributed by atoms with Gasteiger partial charge in [0.2, 0.25) is 5.78 Å². The Morgan fingerprint density at radius 1 is 1.54 bits per heavy atom. The molecule has 1 unspecified atom stereocenters. The SMILES string of the molecule is CCOC(=O)C(=O)CC1CCCS1. The minimum atomic E-state index is -0.671. The Kier molecular flexibility index (Phi) is 4.28. The molecule has 0 amide bonds. The van der Waals surface area contributed by atoms with Gasteiger partial charge < -0.3 is 4.74 Å². The molecule has 0 aromatic carbocycles. The lowest BCUT2D eigenvalue weighted by Crippen LogP contribution is -2.20. The number of thioether (sulfide) groups is 1. The van der Waals surface area contributed by atoms with Crippen LogP contribution >= 0.6 is 11.8 Å². The van der Waals surface area contributed by atoms with Crippen molar-refractivity contribution in [3.63, 3.8) is 0 Å². The fourth-order valence-corrected chi connectivity index (χ4v) is 2.58. The zero-order valence-corrected chi connectivity index (χ0v) is 8.56. The molecule has 0 saturated carbocycles. The van der Waals surface area contributed by atoms with E-state index >= 15 is 0 Å². The summed E-state index contributed by atoms with van der Waals surface area (Å²) in [5, 5.41) is 0.344. The third-order valence-corrected chi connectivity index (χ3v) is 3.34. The minimum absolute atomic E-state index is 0.280. The zero-order valence-electron chi connectivity index (χ0n) is 7.75. The first kappa shape index (κ1) is 10.6.